The fourth-order valence-corrected chi connectivity index (χ4v) is 2.63. The first kappa shape index (κ1) is 13.6. The van der Waals surface area contributed by atoms with Crippen molar-refractivity contribution in [3.63, 3.8) is 0 Å². The minimum atomic E-state index is -0.271. The summed E-state index contributed by atoms with van der Waals surface area (Å²) in [5.41, 5.74) is 6.92. The van der Waals surface area contributed by atoms with Gasteiger partial charge in [0.25, 0.3) is 5.89 Å². The summed E-state index contributed by atoms with van der Waals surface area (Å²) in [6.45, 7) is 5.82. The summed E-state index contributed by atoms with van der Waals surface area (Å²) in [5.74, 6) is 0.948. The minimum absolute atomic E-state index is 0.271. The van der Waals surface area contributed by atoms with Gasteiger partial charge in [0.1, 0.15) is 4.88 Å². The van der Waals surface area contributed by atoms with Gasteiger partial charge in [-0.1, -0.05) is 9.64 Å². The van der Waals surface area contributed by atoms with Crippen molar-refractivity contribution >= 4 is 11.5 Å². The predicted octanol–water partition coefficient (Wildman–Crippen LogP) is 0.229. The maximum Gasteiger partial charge on any atom is 0.271 e. The fourth-order valence-electron chi connectivity index (χ4n) is 2.05. The first-order valence-corrected chi connectivity index (χ1v) is 7.20. The summed E-state index contributed by atoms with van der Waals surface area (Å²) in [4.78, 5) is 7.38. The van der Waals surface area contributed by atoms with Gasteiger partial charge < -0.3 is 15.0 Å². The molecule has 1 unspecified atom stereocenters. The lowest BCUT2D eigenvalue weighted by Gasteiger charge is -2.27. The van der Waals surface area contributed by atoms with Crippen LogP contribution in [0.4, 0.5) is 0 Å². The maximum absolute atomic E-state index is 6.14. The molecule has 1 atom stereocenters. The Morgan fingerprint density at radius 1 is 1.40 bits per heavy atom. The van der Waals surface area contributed by atoms with Crippen LogP contribution in [0, 0.1) is 6.92 Å². The number of aromatic nitrogens is 4. The second kappa shape index (κ2) is 5.92. The van der Waals surface area contributed by atoms with Crippen molar-refractivity contribution in [2.45, 2.75) is 13.0 Å². The average Bonchev–Trinajstić information content (AvgIpc) is 3.08. The van der Waals surface area contributed by atoms with Crippen LogP contribution in [0.3, 0.4) is 0 Å². The summed E-state index contributed by atoms with van der Waals surface area (Å²) in [7, 11) is 0. The van der Waals surface area contributed by atoms with Crippen molar-refractivity contribution in [3.05, 3.63) is 11.5 Å². The highest BCUT2D eigenvalue weighted by molar-refractivity contribution is 7.09. The Hall–Kier alpha value is -1.42. The van der Waals surface area contributed by atoms with Crippen molar-refractivity contribution in [1.82, 2.24) is 24.6 Å². The molecule has 2 aromatic heterocycles. The van der Waals surface area contributed by atoms with Crippen LogP contribution in [0.1, 0.15) is 17.6 Å². The molecule has 0 radical (unpaired) electrons. The van der Waals surface area contributed by atoms with E-state index in [1.165, 1.54) is 11.5 Å². The molecule has 1 aliphatic rings. The zero-order valence-corrected chi connectivity index (χ0v) is 12.0. The molecule has 20 heavy (non-hydrogen) atoms. The van der Waals surface area contributed by atoms with E-state index < -0.39 is 0 Å². The molecule has 9 heteroatoms. The van der Waals surface area contributed by atoms with Crippen LogP contribution in [-0.4, -0.2) is 57.5 Å². The van der Waals surface area contributed by atoms with Gasteiger partial charge in [0.05, 0.1) is 24.9 Å². The number of ether oxygens (including phenoxy) is 1. The number of morpholine rings is 1. The van der Waals surface area contributed by atoms with Gasteiger partial charge in [-0.3, -0.25) is 4.90 Å². The van der Waals surface area contributed by atoms with Gasteiger partial charge >= 0.3 is 0 Å². The molecule has 0 aliphatic carbocycles. The normalized spacial score (nSPS) is 18.3. The third kappa shape index (κ3) is 2.85. The number of rotatable bonds is 4. The quantitative estimate of drug-likeness (QED) is 0.855. The second-order valence-corrected chi connectivity index (χ2v) is 5.42. The lowest BCUT2D eigenvalue weighted by Crippen LogP contribution is -2.40. The maximum atomic E-state index is 6.14. The highest BCUT2D eigenvalue weighted by atomic mass is 32.1. The summed E-state index contributed by atoms with van der Waals surface area (Å²) in [6.07, 6.45) is 0. The highest BCUT2D eigenvalue weighted by Crippen LogP contribution is 2.24. The summed E-state index contributed by atoms with van der Waals surface area (Å²) in [5, 5.41) is 7.89. The van der Waals surface area contributed by atoms with Crippen LogP contribution in [0.2, 0.25) is 0 Å². The first-order chi connectivity index (χ1) is 9.74. The first-order valence-electron chi connectivity index (χ1n) is 6.42. The van der Waals surface area contributed by atoms with Crippen molar-refractivity contribution < 1.29 is 9.26 Å². The summed E-state index contributed by atoms with van der Waals surface area (Å²) in [6, 6.07) is -0.271. The molecular weight excluding hydrogens is 280 g/mol. The Labute approximate surface area is 120 Å². The molecule has 1 saturated heterocycles. The molecule has 2 N–H and O–H groups in total. The summed E-state index contributed by atoms with van der Waals surface area (Å²) >= 11 is 1.24. The Kier molecular flexibility index (Phi) is 4.01. The van der Waals surface area contributed by atoms with Crippen molar-refractivity contribution in [3.8, 4) is 10.8 Å². The van der Waals surface area contributed by atoms with Gasteiger partial charge in [0.2, 0.25) is 0 Å². The minimum Gasteiger partial charge on any atom is -0.379 e. The van der Waals surface area contributed by atoms with Gasteiger partial charge in [-0.15, -0.1) is 5.10 Å². The Bertz CT molecular complexity index is 565. The molecule has 3 heterocycles. The molecule has 0 amide bonds. The Morgan fingerprint density at radius 3 is 2.90 bits per heavy atom. The average molecular weight is 296 g/mol. The zero-order chi connectivity index (χ0) is 13.9. The SMILES string of the molecule is Cc1nnsc1-c1nc(C(N)CN2CCOCC2)no1. The highest BCUT2D eigenvalue weighted by Gasteiger charge is 2.21. The fraction of sp³-hybridized carbons (Fsp3) is 0.636. The topological polar surface area (TPSA) is 103 Å². The van der Waals surface area contributed by atoms with Crippen molar-refractivity contribution in [2.75, 3.05) is 32.8 Å². The zero-order valence-electron chi connectivity index (χ0n) is 11.2. The molecule has 0 spiro atoms. The van der Waals surface area contributed by atoms with E-state index in [0.29, 0.717) is 18.3 Å². The van der Waals surface area contributed by atoms with Gasteiger partial charge in [-0.25, -0.2) is 0 Å². The van der Waals surface area contributed by atoms with Crippen LogP contribution in [0.15, 0.2) is 4.52 Å². The molecule has 2 aromatic rings. The van der Waals surface area contributed by atoms with E-state index in [9.17, 15) is 0 Å². The third-order valence-electron chi connectivity index (χ3n) is 3.18. The van der Waals surface area contributed by atoms with Gasteiger partial charge in [-0.2, -0.15) is 4.98 Å². The van der Waals surface area contributed by atoms with E-state index >= 15 is 0 Å². The van der Waals surface area contributed by atoms with E-state index in [4.69, 9.17) is 15.0 Å². The number of nitrogens with two attached hydrogens (primary N) is 1. The van der Waals surface area contributed by atoms with Crippen LogP contribution < -0.4 is 5.73 Å². The van der Waals surface area contributed by atoms with Crippen LogP contribution in [-0.2, 0) is 4.74 Å². The van der Waals surface area contributed by atoms with Gasteiger partial charge in [-0.05, 0) is 18.5 Å². The molecule has 0 saturated carbocycles. The Balaban J connectivity index is 1.68. The number of aryl methyl sites for hydroxylation is 1. The number of hydrogen-bond donors (Lipinski definition) is 1. The van der Waals surface area contributed by atoms with E-state index in [-0.39, 0.29) is 6.04 Å². The van der Waals surface area contributed by atoms with Crippen molar-refractivity contribution in [2.24, 2.45) is 5.73 Å². The largest absolute Gasteiger partial charge is 0.379 e. The van der Waals surface area contributed by atoms with Crippen LogP contribution >= 0.6 is 11.5 Å². The van der Waals surface area contributed by atoms with Crippen molar-refractivity contribution in [1.29, 1.82) is 0 Å². The van der Waals surface area contributed by atoms with Crippen LogP contribution in [0.5, 0.6) is 0 Å². The molecule has 1 aliphatic heterocycles. The van der Waals surface area contributed by atoms with E-state index in [1.807, 2.05) is 6.92 Å². The molecule has 0 bridgehead atoms. The molecule has 8 nitrogen and oxygen atoms in total. The lowest BCUT2D eigenvalue weighted by atomic mass is 10.2. The number of nitrogens with zero attached hydrogens (tertiary/aromatic N) is 5. The summed E-state index contributed by atoms with van der Waals surface area (Å²) < 4.78 is 14.4. The number of hydrogen-bond acceptors (Lipinski definition) is 9. The standard InChI is InChI=1S/C11H16N6O2S/c1-7-9(20-16-14-7)11-13-10(15-19-11)8(12)6-17-2-4-18-5-3-17/h8H,2-6,12H2,1H3. The molecular formula is C11H16N6O2S. The lowest BCUT2D eigenvalue weighted by molar-refractivity contribution is 0.0348. The molecule has 1 fully saturated rings. The third-order valence-corrected chi connectivity index (χ3v) is 3.99. The van der Waals surface area contributed by atoms with E-state index in [0.717, 1.165) is 36.9 Å². The smallest absolute Gasteiger partial charge is 0.271 e. The Morgan fingerprint density at radius 2 is 2.20 bits per heavy atom. The molecule has 0 aromatic carbocycles. The second-order valence-electron chi connectivity index (χ2n) is 4.66. The van der Waals surface area contributed by atoms with E-state index in [2.05, 4.69) is 24.6 Å². The molecule has 3 rings (SSSR count). The van der Waals surface area contributed by atoms with E-state index in [1.54, 1.807) is 0 Å². The molecule has 108 valence electrons. The van der Waals surface area contributed by atoms with Gasteiger partial charge in [0.15, 0.2) is 5.82 Å². The van der Waals surface area contributed by atoms with Crippen LogP contribution in [0.25, 0.3) is 10.8 Å². The predicted molar refractivity (Wildman–Crippen MR) is 72.1 cm³/mol. The monoisotopic (exact) mass is 296 g/mol. The van der Waals surface area contributed by atoms with Gasteiger partial charge in [0, 0.05) is 19.6 Å².